The number of rotatable bonds is 2. The van der Waals surface area contributed by atoms with Crippen molar-refractivity contribution in [2.45, 2.75) is 132 Å². The van der Waals surface area contributed by atoms with Gasteiger partial charge >= 0.3 is 0 Å². The molecule has 10 aromatic carbocycles. The Hall–Kier alpha value is -6.50. The molecule has 0 atom stereocenters. The minimum atomic E-state index is -0.00412. The second kappa shape index (κ2) is 14.5. The van der Waals surface area contributed by atoms with Crippen molar-refractivity contribution in [3.8, 4) is 66.8 Å². The molecule has 0 heteroatoms. The zero-order chi connectivity index (χ0) is 49.5. The molecule has 12 rings (SSSR count). The van der Waals surface area contributed by atoms with Gasteiger partial charge in [-0.2, -0.15) is 0 Å². The highest BCUT2D eigenvalue weighted by Crippen LogP contribution is 2.56. The summed E-state index contributed by atoms with van der Waals surface area (Å²) < 4.78 is 0. The van der Waals surface area contributed by atoms with Crippen molar-refractivity contribution in [2.75, 3.05) is 0 Å². The van der Waals surface area contributed by atoms with E-state index in [2.05, 4.69) is 232 Å². The summed E-state index contributed by atoms with van der Waals surface area (Å²) in [6, 6.07) is 49.2. The molecule has 0 unspecified atom stereocenters. The van der Waals surface area contributed by atoms with Gasteiger partial charge in [0.05, 0.1) is 0 Å². The fourth-order valence-electron chi connectivity index (χ4n) is 12.5. The number of aryl methyl sites for hydroxylation is 4. The van der Waals surface area contributed by atoms with Crippen molar-refractivity contribution in [3.05, 3.63) is 166 Å². The Labute approximate surface area is 416 Å². The molecular formula is C70H68. The second-order valence-electron chi connectivity index (χ2n) is 25.7. The van der Waals surface area contributed by atoms with Gasteiger partial charge in [0.25, 0.3) is 0 Å². The maximum Gasteiger partial charge on any atom is -0.00260 e. The summed E-state index contributed by atoms with van der Waals surface area (Å²) in [4.78, 5) is 0. The third-order valence-corrected chi connectivity index (χ3v) is 16.6. The molecule has 0 nitrogen and oxygen atoms in total. The lowest BCUT2D eigenvalue weighted by molar-refractivity contribution is 0.589. The molecule has 2 aliphatic rings. The maximum absolute atomic E-state index is 2.61. The topological polar surface area (TPSA) is 0 Å². The normalized spacial score (nSPS) is 13.4. The van der Waals surface area contributed by atoms with Crippen LogP contribution in [0.15, 0.2) is 121 Å². The molecule has 0 N–H and O–H groups in total. The van der Waals surface area contributed by atoms with Gasteiger partial charge in [-0.15, -0.1) is 0 Å². The molecule has 348 valence electrons. The van der Waals surface area contributed by atoms with Gasteiger partial charge in [-0.25, -0.2) is 0 Å². The molecule has 0 amide bonds. The van der Waals surface area contributed by atoms with Gasteiger partial charge in [0.1, 0.15) is 0 Å². The van der Waals surface area contributed by atoms with E-state index in [9.17, 15) is 0 Å². The van der Waals surface area contributed by atoms with E-state index < -0.39 is 0 Å². The summed E-state index contributed by atoms with van der Waals surface area (Å²) in [6.45, 7) is 37.5. The van der Waals surface area contributed by atoms with Gasteiger partial charge in [0, 0.05) is 0 Å². The first-order valence-electron chi connectivity index (χ1n) is 25.8. The Bertz CT molecular complexity index is 3670. The molecule has 0 saturated carbocycles. The highest BCUT2D eigenvalue weighted by atomic mass is 14.4. The average Bonchev–Trinajstić information content (AvgIpc) is 3.76. The molecule has 10 aromatic rings. The Morgan fingerprint density at radius 2 is 0.471 bits per heavy atom. The molecule has 0 fully saturated rings. The summed E-state index contributed by atoms with van der Waals surface area (Å²) >= 11 is 0. The van der Waals surface area contributed by atoms with Gasteiger partial charge < -0.3 is 0 Å². The fourth-order valence-corrected chi connectivity index (χ4v) is 12.5. The van der Waals surface area contributed by atoms with Gasteiger partial charge in [0.2, 0.25) is 0 Å². The number of benzene rings is 10. The van der Waals surface area contributed by atoms with Crippen molar-refractivity contribution >= 4 is 53.9 Å². The smallest absolute Gasteiger partial charge is 0.00260 e. The Morgan fingerprint density at radius 1 is 0.243 bits per heavy atom. The largest absolute Gasteiger partial charge is 0.0617 e. The van der Waals surface area contributed by atoms with E-state index in [0.717, 1.165) is 0 Å². The van der Waals surface area contributed by atoms with E-state index in [0.29, 0.717) is 0 Å². The first kappa shape index (κ1) is 44.7. The molecule has 0 saturated heterocycles. The van der Waals surface area contributed by atoms with E-state index >= 15 is 0 Å². The molecule has 0 aliphatic heterocycles. The molecule has 0 radical (unpaired) electrons. The van der Waals surface area contributed by atoms with Crippen LogP contribution >= 0.6 is 0 Å². The molecule has 0 aromatic heterocycles. The lowest BCUT2D eigenvalue weighted by Gasteiger charge is -2.23. The lowest BCUT2D eigenvalue weighted by Crippen LogP contribution is -2.12. The van der Waals surface area contributed by atoms with Crippen molar-refractivity contribution in [3.63, 3.8) is 0 Å². The van der Waals surface area contributed by atoms with Crippen molar-refractivity contribution in [1.29, 1.82) is 0 Å². The van der Waals surface area contributed by atoms with Crippen LogP contribution in [-0.2, 0) is 21.7 Å². The van der Waals surface area contributed by atoms with Crippen LogP contribution in [0.25, 0.3) is 121 Å². The van der Waals surface area contributed by atoms with Gasteiger partial charge in [-0.1, -0.05) is 144 Å². The summed E-state index contributed by atoms with van der Waals surface area (Å²) in [6.07, 6.45) is 0. The van der Waals surface area contributed by atoms with E-state index in [1.807, 2.05) is 0 Å². The minimum Gasteiger partial charge on any atom is -0.0617 e. The van der Waals surface area contributed by atoms with Crippen LogP contribution in [0, 0.1) is 27.7 Å². The van der Waals surface area contributed by atoms with Crippen LogP contribution in [-0.4, -0.2) is 0 Å². The summed E-state index contributed by atoms with van der Waals surface area (Å²) in [5, 5.41) is 13.4. The van der Waals surface area contributed by atoms with Crippen molar-refractivity contribution < 1.29 is 0 Å². The standard InChI is InChI=1S/C70H68/c1-37-19-17-20-38(2)63(37)61-35-49-48-32-54-56(60-30-46(70(14,15)16)26-42-24-44(68(8,9)10)28-58(54)66(42)60)34-52(48)62(64-39(3)21-18-22-40(64)4)36-50(49)47-31-53-55(33-51(47)61)59-29-45(69(11,12)13)25-41-23-43(67(5,6)7)27-57(53)65(41)59/h17-36H,1-16H3. The second-order valence-corrected chi connectivity index (χ2v) is 25.7. The third-order valence-electron chi connectivity index (χ3n) is 16.6. The molecule has 0 spiro atoms. The van der Waals surface area contributed by atoms with Crippen LogP contribution in [0.1, 0.15) is 128 Å². The quantitative estimate of drug-likeness (QED) is 0.152. The maximum atomic E-state index is 2.61. The summed E-state index contributed by atoms with van der Waals surface area (Å²) in [5.74, 6) is 0. The molecule has 70 heavy (non-hydrogen) atoms. The predicted molar refractivity (Wildman–Crippen MR) is 307 cm³/mol. The molecule has 0 heterocycles. The van der Waals surface area contributed by atoms with Crippen LogP contribution < -0.4 is 0 Å². The highest BCUT2D eigenvalue weighted by Gasteiger charge is 2.32. The monoisotopic (exact) mass is 909 g/mol. The van der Waals surface area contributed by atoms with Crippen molar-refractivity contribution in [1.82, 2.24) is 0 Å². The highest BCUT2D eigenvalue weighted by molar-refractivity contribution is 6.29. The zero-order valence-electron chi connectivity index (χ0n) is 44.5. The molecular weight excluding hydrogens is 841 g/mol. The van der Waals surface area contributed by atoms with E-state index in [4.69, 9.17) is 0 Å². The van der Waals surface area contributed by atoms with Crippen LogP contribution in [0.3, 0.4) is 0 Å². The predicted octanol–water partition coefficient (Wildman–Crippen LogP) is 20.5. The van der Waals surface area contributed by atoms with Gasteiger partial charge in [-0.3, -0.25) is 0 Å². The van der Waals surface area contributed by atoms with E-state index in [1.54, 1.807) is 0 Å². The SMILES string of the molecule is Cc1cccc(C)c1-c1cc2c3cc4c(cc3c(-c3c(C)cccc3C)cc2c2cc3c(cc12)-c1cc(C(C)(C)C)cc2cc(C(C)(C)C)cc-3c12)-c1cc(C(C)(C)C)cc2cc(C(C)(C)C)cc-4c12. The first-order valence-corrected chi connectivity index (χ1v) is 25.8. The lowest BCUT2D eigenvalue weighted by atomic mass is 9.81. The number of hydrogen-bond acceptors (Lipinski definition) is 0. The number of fused-ring (bicyclic) bond motifs is 11. The van der Waals surface area contributed by atoms with Crippen LogP contribution in [0.2, 0.25) is 0 Å². The minimum absolute atomic E-state index is 0.00321. The average molecular weight is 909 g/mol. The summed E-state index contributed by atoms with van der Waals surface area (Å²) in [5.41, 5.74) is 26.9. The summed E-state index contributed by atoms with van der Waals surface area (Å²) in [7, 11) is 0. The Balaban J connectivity index is 1.28. The van der Waals surface area contributed by atoms with E-state index in [-0.39, 0.29) is 21.7 Å². The molecule has 0 bridgehead atoms. The van der Waals surface area contributed by atoms with Gasteiger partial charge in [0.15, 0.2) is 0 Å². The van der Waals surface area contributed by atoms with Crippen LogP contribution in [0.5, 0.6) is 0 Å². The Morgan fingerprint density at radius 3 is 0.729 bits per heavy atom. The van der Waals surface area contributed by atoms with E-state index in [1.165, 1.54) is 165 Å². The van der Waals surface area contributed by atoms with Gasteiger partial charge in [-0.05, 0) is 275 Å². The zero-order valence-corrected chi connectivity index (χ0v) is 44.5. The molecule has 2 aliphatic carbocycles. The Kier molecular flexibility index (Phi) is 9.28. The fraction of sp³-hybridized carbons (Fsp3) is 0.286. The third kappa shape index (κ3) is 6.54. The number of hydrogen-bond donors (Lipinski definition) is 0. The van der Waals surface area contributed by atoms with Crippen LogP contribution in [0.4, 0.5) is 0 Å². The van der Waals surface area contributed by atoms with Crippen molar-refractivity contribution in [2.24, 2.45) is 0 Å². The first-order chi connectivity index (χ1) is 32.9.